The van der Waals surface area contributed by atoms with E-state index >= 15 is 0 Å². The minimum Gasteiger partial charge on any atom is -0.446 e. The Bertz CT molecular complexity index is 985. The van der Waals surface area contributed by atoms with Gasteiger partial charge in [0.15, 0.2) is 0 Å². The second-order valence-electron chi connectivity index (χ2n) is 8.74. The lowest BCUT2D eigenvalue weighted by Crippen LogP contribution is -2.41. The van der Waals surface area contributed by atoms with Gasteiger partial charge < -0.3 is 14.5 Å². The maximum atomic E-state index is 12.4. The third kappa shape index (κ3) is 7.17. The average Bonchev–Trinajstić information content (AvgIpc) is 2.85. The summed E-state index contributed by atoms with van der Waals surface area (Å²) < 4.78 is 5.68. The van der Waals surface area contributed by atoms with Crippen LogP contribution in [-0.4, -0.2) is 55.2 Å². The summed E-state index contributed by atoms with van der Waals surface area (Å²) in [6.45, 7) is 4.95. The molecule has 0 atom stereocenters. The molecule has 1 amide bonds. The van der Waals surface area contributed by atoms with Crippen LogP contribution in [-0.2, 0) is 11.3 Å². The zero-order valence-electron chi connectivity index (χ0n) is 19.3. The maximum Gasteiger partial charge on any atom is 0.411 e. The predicted molar refractivity (Wildman–Crippen MR) is 134 cm³/mol. The molecular weight excluding hydrogens is 410 g/mol. The van der Waals surface area contributed by atoms with E-state index in [1.54, 1.807) is 0 Å². The van der Waals surface area contributed by atoms with Crippen LogP contribution in [0.25, 0.3) is 11.1 Å². The number of nitrogens with one attached hydrogen (secondary N) is 1. The fourth-order valence-electron chi connectivity index (χ4n) is 4.21. The van der Waals surface area contributed by atoms with E-state index in [-0.39, 0.29) is 12.2 Å². The van der Waals surface area contributed by atoms with Crippen molar-refractivity contribution in [1.29, 1.82) is 0 Å². The van der Waals surface area contributed by atoms with Gasteiger partial charge in [0.05, 0.1) is 0 Å². The molecule has 5 heteroatoms. The molecule has 1 N–H and O–H groups in total. The largest absolute Gasteiger partial charge is 0.446 e. The summed E-state index contributed by atoms with van der Waals surface area (Å²) in [7, 11) is 2.17. The van der Waals surface area contributed by atoms with Gasteiger partial charge in [-0.05, 0) is 48.7 Å². The smallest absolute Gasteiger partial charge is 0.411 e. The second kappa shape index (κ2) is 11.6. The summed E-state index contributed by atoms with van der Waals surface area (Å²) in [5.41, 5.74) is 4.37. The summed E-state index contributed by atoms with van der Waals surface area (Å²) in [5, 5.41) is 2.86. The highest BCUT2D eigenvalue weighted by Crippen LogP contribution is 2.21. The molecule has 3 aromatic rings. The summed E-state index contributed by atoms with van der Waals surface area (Å²) in [6, 6.07) is 28.6. The molecule has 0 spiro atoms. The maximum absolute atomic E-state index is 12.4. The first-order chi connectivity index (χ1) is 16.2. The van der Waals surface area contributed by atoms with Crippen molar-refractivity contribution in [1.82, 2.24) is 9.80 Å². The number of benzene rings is 3. The van der Waals surface area contributed by atoms with Gasteiger partial charge >= 0.3 is 6.09 Å². The third-order valence-electron chi connectivity index (χ3n) is 6.14. The van der Waals surface area contributed by atoms with Crippen molar-refractivity contribution >= 4 is 11.8 Å². The lowest BCUT2D eigenvalue weighted by atomic mass is 10.1. The van der Waals surface area contributed by atoms with E-state index in [0.29, 0.717) is 0 Å². The Balaban J connectivity index is 1.15. The highest BCUT2D eigenvalue weighted by molar-refractivity contribution is 5.85. The second-order valence-corrected chi connectivity index (χ2v) is 8.74. The van der Waals surface area contributed by atoms with Gasteiger partial charge in [0.25, 0.3) is 0 Å². The van der Waals surface area contributed by atoms with E-state index in [2.05, 4.69) is 64.6 Å². The molecule has 3 aromatic carbocycles. The van der Waals surface area contributed by atoms with Crippen molar-refractivity contribution < 1.29 is 9.53 Å². The lowest BCUT2D eigenvalue weighted by Gasteiger charge is -2.32. The Morgan fingerprint density at radius 1 is 0.909 bits per heavy atom. The first-order valence-corrected chi connectivity index (χ1v) is 11.7. The number of hydrogen-bond acceptors (Lipinski definition) is 4. The Kier molecular flexibility index (Phi) is 8.12. The van der Waals surface area contributed by atoms with E-state index in [0.717, 1.165) is 62.4 Å². The van der Waals surface area contributed by atoms with Crippen molar-refractivity contribution in [3.63, 3.8) is 0 Å². The van der Waals surface area contributed by atoms with E-state index in [1.807, 2.05) is 42.5 Å². The number of piperidine rings is 1. The van der Waals surface area contributed by atoms with Crippen LogP contribution in [0.1, 0.15) is 18.4 Å². The summed E-state index contributed by atoms with van der Waals surface area (Å²) in [5.74, 6) is 0. The standard InChI is InChI=1S/C28H33N3O2/c1-30(22-23-8-4-2-5-9-23)20-21-31-18-16-27(17-19-31)33-28(32)29-26-14-12-25(13-15-26)24-10-6-3-7-11-24/h2-15,27H,16-22H2,1H3,(H,29,32). The fourth-order valence-corrected chi connectivity index (χ4v) is 4.21. The topological polar surface area (TPSA) is 44.8 Å². The monoisotopic (exact) mass is 443 g/mol. The van der Waals surface area contributed by atoms with Crippen molar-refractivity contribution in [3.05, 3.63) is 90.5 Å². The van der Waals surface area contributed by atoms with Gasteiger partial charge in [-0.2, -0.15) is 0 Å². The number of carbonyl (C=O) groups excluding carboxylic acids is 1. The molecular formula is C28H33N3O2. The molecule has 1 aliphatic heterocycles. The minimum atomic E-state index is -0.372. The fraction of sp³-hybridized carbons (Fsp3) is 0.321. The zero-order valence-corrected chi connectivity index (χ0v) is 19.3. The molecule has 0 aliphatic carbocycles. The van der Waals surface area contributed by atoms with Gasteiger partial charge in [0.2, 0.25) is 0 Å². The van der Waals surface area contributed by atoms with Crippen LogP contribution in [0.5, 0.6) is 0 Å². The lowest BCUT2D eigenvalue weighted by molar-refractivity contribution is 0.0563. The van der Waals surface area contributed by atoms with Crippen molar-refractivity contribution in [2.45, 2.75) is 25.5 Å². The number of hydrogen-bond donors (Lipinski definition) is 1. The predicted octanol–water partition coefficient (Wildman–Crippen LogP) is 5.50. The zero-order chi connectivity index (χ0) is 22.9. The number of carbonyl (C=O) groups is 1. The van der Waals surface area contributed by atoms with E-state index in [9.17, 15) is 4.79 Å². The molecule has 0 aromatic heterocycles. The molecule has 1 saturated heterocycles. The van der Waals surface area contributed by atoms with Crippen LogP contribution in [0.4, 0.5) is 10.5 Å². The Hall–Kier alpha value is -3.15. The SMILES string of the molecule is CN(CCN1CCC(OC(=O)Nc2ccc(-c3ccccc3)cc2)CC1)Cc1ccccc1. The highest BCUT2D eigenvalue weighted by atomic mass is 16.6. The molecule has 1 heterocycles. The Morgan fingerprint density at radius 3 is 2.18 bits per heavy atom. The Labute approximate surface area is 197 Å². The molecule has 33 heavy (non-hydrogen) atoms. The minimum absolute atomic E-state index is 0.0214. The van der Waals surface area contributed by atoms with Crippen LogP contribution >= 0.6 is 0 Å². The van der Waals surface area contributed by atoms with Crippen LogP contribution in [0.3, 0.4) is 0 Å². The first kappa shape index (κ1) is 23.0. The van der Waals surface area contributed by atoms with Gasteiger partial charge in [-0.3, -0.25) is 5.32 Å². The molecule has 1 fully saturated rings. The van der Waals surface area contributed by atoms with E-state index in [4.69, 9.17) is 4.74 Å². The molecule has 172 valence electrons. The average molecular weight is 444 g/mol. The van der Waals surface area contributed by atoms with Gasteiger partial charge in [-0.25, -0.2) is 4.79 Å². The quantitative estimate of drug-likeness (QED) is 0.499. The molecule has 1 aliphatic rings. The molecule has 0 unspecified atom stereocenters. The first-order valence-electron chi connectivity index (χ1n) is 11.7. The highest BCUT2D eigenvalue weighted by Gasteiger charge is 2.22. The Morgan fingerprint density at radius 2 is 1.52 bits per heavy atom. The van der Waals surface area contributed by atoms with Crippen LogP contribution < -0.4 is 5.32 Å². The third-order valence-corrected chi connectivity index (χ3v) is 6.14. The van der Waals surface area contributed by atoms with Gasteiger partial charge in [-0.1, -0.05) is 72.8 Å². The number of likely N-dealkylation sites (tertiary alicyclic amines) is 1. The normalized spacial score (nSPS) is 14.8. The number of amides is 1. The van der Waals surface area contributed by atoms with Crippen molar-refractivity contribution in [3.8, 4) is 11.1 Å². The van der Waals surface area contributed by atoms with E-state index in [1.165, 1.54) is 5.56 Å². The van der Waals surface area contributed by atoms with Crippen LogP contribution in [0, 0.1) is 0 Å². The molecule has 5 nitrogen and oxygen atoms in total. The van der Waals surface area contributed by atoms with Crippen LogP contribution in [0.15, 0.2) is 84.9 Å². The summed E-state index contributed by atoms with van der Waals surface area (Å²) in [6.07, 6.45) is 1.36. The van der Waals surface area contributed by atoms with E-state index < -0.39 is 0 Å². The summed E-state index contributed by atoms with van der Waals surface area (Å²) in [4.78, 5) is 17.2. The molecule has 0 bridgehead atoms. The number of rotatable bonds is 8. The van der Waals surface area contributed by atoms with Crippen molar-refractivity contribution in [2.75, 3.05) is 38.5 Å². The number of likely N-dealkylation sites (N-methyl/N-ethyl adjacent to an activating group) is 1. The number of ether oxygens (including phenoxy) is 1. The summed E-state index contributed by atoms with van der Waals surface area (Å²) >= 11 is 0. The van der Waals surface area contributed by atoms with Gasteiger partial charge in [0.1, 0.15) is 6.10 Å². The number of anilines is 1. The van der Waals surface area contributed by atoms with Crippen LogP contribution in [0.2, 0.25) is 0 Å². The molecule has 0 saturated carbocycles. The number of nitrogens with zero attached hydrogens (tertiary/aromatic N) is 2. The molecule has 4 rings (SSSR count). The van der Waals surface area contributed by atoms with Gasteiger partial charge in [0, 0.05) is 38.4 Å². The van der Waals surface area contributed by atoms with Gasteiger partial charge in [-0.15, -0.1) is 0 Å². The molecule has 0 radical (unpaired) electrons. The van der Waals surface area contributed by atoms with Crippen molar-refractivity contribution in [2.24, 2.45) is 0 Å².